The van der Waals surface area contributed by atoms with E-state index in [2.05, 4.69) is 0 Å². The number of rotatable bonds is 11. The molecule has 3 aromatic rings. The molecule has 0 amide bonds. The van der Waals surface area contributed by atoms with Crippen molar-refractivity contribution in [1.29, 1.82) is 0 Å². The van der Waals surface area contributed by atoms with Crippen molar-refractivity contribution in [2.45, 2.75) is 52.1 Å². The van der Waals surface area contributed by atoms with E-state index in [4.69, 9.17) is 4.98 Å². The maximum Gasteiger partial charge on any atom is 1.00 e. The van der Waals surface area contributed by atoms with Gasteiger partial charge in [-0.25, -0.2) is 4.39 Å². The number of pyridine rings is 1. The van der Waals surface area contributed by atoms with Gasteiger partial charge in [-0.1, -0.05) is 63.2 Å². The molecule has 10 heteroatoms. The molecule has 1 heterocycles. The fourth-order valence-corrected chi connectivity index (χ4v) is 6.03. The Labute approximate surface area is 268 Å². The molecule has 1 aromatic heterocycles. The first-order chi connectivity index (χ1) is 17.0. The first-order valence-corrected chi connectivity index (χ1v) is 14.1. The van der Waals surface area contributed by atoms with E-state index in [9.17, 15) is 28.9 Å². The number of benzene rings is 2. The second-order valence-corrected chi connectivity index (χ2v) is 11.7. The van der Waals surface area contributed by atoms with Gasteiger partial charge in [-0.15, -0.1) is 0 Å². The summed E-state index contributed by atoms with van der Waals surface area (Å²) in [7, 11) is -4.11. The van der Waals surface area contributed by atoms with Crippen LogP contribution in [-0.4, -0.2) is 34.5 Å². The van der Waals surface area contributed by atoms with E-state index in [1.165, 1.54) is 12.1 Å². The first kappa shape index (κ1) is 35.2. The fraction of sp³-hybridized carbons (Fsp3) is 0.357. The number of carboxylic acids is 1. The monoisotopic (exact) mass is 557 g/mol. The molecular formula is C28H31FNNa2O5P. The summed E-state index contributed by atoms with van der Waals surface area (Å²) in [6.45, 7) is 5.98. The molecule has 38 heavy (non-hydrogen) atoms. The number of aliphatic carboxylic acids is 1. The number of hydrogen-bond acceptors (Lipinski definition) is 6. The Hall–Kier alpha value is -0.860. The fourth-order valence-electron chi connectivity index (χ4n) is 4.51. The Morgan fingerprint density at radius 2 is 1.63 bits per heavy atom. The maximum atomic E-state index is 13.8. The molecule has 0 aliphatic heterocycles. The van der Waals surface area contributed by atoms with E-state index in [1.807, 2.05) is 51.1 Å². The largest absolute Gasteiger partial charge is 1.00 e. The minimum absolute atomic E-state index is 0. The Kier molecular flexibility index (Phi) is 14.6. The standard InChI is InChI=1S/C28H33FNO5P.2Na/c1-4-23-26(19-10-12-21(29)13-11-19)24(14-15-36(34,35)17-22(31)16-25(32)33)27(18(2)3)30-28(23)20-8-6-5-7-9-20;;/h5-13,18,22,31H,4,14-17H2,1-3H3,(H,32,33)(H,34,35);;/q;2*+1/p-2/t22-;;/m1../s1. The Bertz CT molecular complexity index is 1260. The zero-order chi connectivity index (χ0) is 26.5. The van der Waals surface area contributed by atoms with Gasteiger partial charge in [0.15, 0.2) is 0 Å². The predicted octanol–water partition coefficient (Wildman–Crippen LogP) is -2.07. The van der Waals surface area contributed by atoms with Crippen molar-refractivity contribution in [2.75, 3.05) is 12.3 Å². The molecule has 1 unspecified atom stereocenters. The Morgan fingerprint density at radius 3 is 2.16 bits per heavy atom. The molecule has 0 saturated heterocycles. The van der Waals surface area contributed by atoms with E-state index in [1.54, 1.807) is 12.1 Å². The van der Waals surface area contributed by atoms with Gasteiger partial charge < -0.3 is 24.5 Å². The van der Waals surface area contributed by atoms with Crippen molar-refractivity contribution in [3.05, 3.63) is 77.2 Å². The minimum Gasteiger partial charge on any atom is -0.799 e. The maximum absolute atomic E-state index is 13.8. The number of aromatic nitrogens is 1. The Balaban J connectivity index is 0.00000361. The van der Waals surface area contributed by atoms with Crippen molar-refractivity contribution in [3.63, 3.8) is 0 Å². The molecule has 0 spiro atoms. The molecule has 2 atom stereocenters. The zero-order valence-corrected chi connectivity index (χ0v) is 27.6. The van der Waals surface area contributed by atoms with E-state index in [0.717, 1.165) is 39.2 Å². The topological polar surface area (TPSA) is 113 Å². The third kappa shape index (κ3) is 9.36. The van der Waals surface area contributed by atoms with Gasteiger partial charge in [-0.3, -0.25) is 4.98 Å². The van der Waals surface area contributed by atoms with Crippen molar-refractivity contribution >= 4 is 13.3 Å². The van der Waals surface area contributed by atoms with Crippen LogP contribution < -0.4 is 69.1 Å². The second-order valence-electron chi connectivity index (χ2n) is 9.26. The van der Waals surface area contributed by atoms with Crippen LogP contribution in [0.2, 0.25) is 0 Å². The van der Waals surface area contributed by atoms with Crippen LogP contribution in [0.4, 0.5) is 4.39 Å². The smallest absolute Gasteiger partial charge is 0.799 e. The molecule has 6 nitrogen and oxygen atoms in total. The predicted molar refractivity (Wildman–Crippen MR) is 135 cm³/mol. The Morgan fingerprint density at radius 1 is 1.03 bits per heavy atom. The van der Waals surface area contributed by atoms with Crippen LogP contribution in [0.3, 0.4) is 0 Å². The molecule has 1 N–H and O–H groups in total. The van der Waals surface area contributed by atoms with Gasteiger partial charge in [0.1, 0.15) is 5.82 Å². The normalized spacial score (nSPS) is 13.2. The molecule has 0 aliphatic rings. The van der Waals surface area contributed by atoms with Gasteiger partial charge in [0.05, 0.1) is 11.8 Å². The summed E-state index contributed by atoms with van der Waals surface area (Å²) >= 11 is 0. The number of carbonyl (C=O) groups excluding carboxylic acids is 1. The molecule has 3 rings (SSSR count). The van der Waals surface area contributed by atoms with Crippen LogP contribution >= 0.6 is 7.37 Å². The molecule has 2 aromatic carbocycles. The van der Waals surface area contributed by atoms with E-state index in [0.29, 0.717) is 6.42 Å². The average Bonchev–Trinajstić information content (AvgIpc) is 2.81. The number of carbonyl (C=O) groups is 1. The second kappa shape index (κ2) is 15.8. The van der Waals surface area contributed by atoms with Gasteiger partial charge in [-0.2, -0.15) is 0 Å². The molecule has 0 bridgehead atoms. The van der Waals surface area contributed by atoms with Crippen LogP contribution in [-0.2, 0) is 22.2 Å². The number of nitrogens with zero attached hydrogens (tertiary/aromatic N) is 1. The summed E-state index contributed by atoms with van der Waals surface area (Å²) in [6, 6.07) is 15.9. The third-order valence-electron chi connectivity index (χ3n) is 6.11. The zero-order valence-electron chi connectivity index (χ0n) is 22.7. The molecule has 0 saturated carbocycles. The molecule has 0 radical (unpaired) electrons. The molecule has 0 fully saturated rings. The number of halogens is 1. The quantitative estimate of drug-likeness (QED) is 0.214. The first-order valence-electron chi connectivity index (χ1n) is 12.1. The van der Waals surface area contributed by atoms with Gasteiger partial charge in [0.2, 0.25) is 0 Å². The summed E-state index contributed by atoms with van der Waals surface area (Å²) in [4.78, 5) is 28.6. The van der Waals surface area contributed by atoms with Gasteiger partial charge in [0.25, 0.3) is 0 Å². The van der Waals surface area contributed by atoms with Crippen molar-refractivity contribution in [1.82, 2.24) is 4.98 Å². The van der Waals surface area contributed by atoms with Crippen LogP contribution in [0.25, 0.3) is 22.4 Å². The summed E-state index contributed by atoms with van der Waals surface area (Å²) in [5.74, 6) is -1.90. The van der Waals surface area contributed by atoms with Crippen LogP contribution in [0, 0.1) is 5.82 Å². The van der Waals surface area contributed by atoms with Crippen LogP contribution in [0.1, 0.15) is 49.9 Å². The van der Waals surface area contributed by atoms with E-state index >= 15 is 0 Å². The molecule has 0 aliphatic carbocycles. The number of aliphatic hydroxyl groups excluding tert-OH is 1. The van der Waals surface area contributed by atoms with E-state index in [-0.39, 0.29) is 83.4 Å². The number of hydrogen-bond donors (Lipinski definition) is 1. The van der Waals surface area contributed by atoms with Crippen molar-refractivity contribution in [2.24, 2.45) is 0 Å². The van der Waals surface area contributed by atoms with E-state index < -0.39 is 32.0 Å². The minimum atomic E-state index is -4.11. The summed E-state index contributed by atoms with van der Waals surface area (Å²) in [5.41, 5.74) is 5.79. The molecule has 192 valence electrons. The van der Waals surface area contributed by atoms with Gasteiger partial charge >= 0.3 is 59.1 Å². The number of aliphatic hydroxyl groups is 1. The van der Waals surface area contributed by atoms with Gasteiger partial charge in [0, 0.05) is 37.2 Å². The number of carboxylic acid groups (broad SMARTS) is 1. The van der Waals surface area contributed by atoms with Crippen LogP contribution in [0.15, 0.2) is 54.6 Å². The summed E-state index contributed by atoms with van der Waals surface area (Å²) < 4.78 is 26.6. The van der Waals surface area contributed by atoms with Gasteiger partial charge in [-0.05, 0) is 59.3 Å². The SMILES string of the molecule is CCc1c(-c2ccccc2)nc(C(C)C)c(CCP(=O)([O-])C[C@H](O)CC(=O)[O-])c1-c1ccc(F)cc1.[Na+].[Na+]. The summed E-state index contributed by atoms with van der Waals surface area (Å²) in [5, 5.41) is 20.6. The molecular weight excluding hydrogens is 526 g/mol. The van der Waals surface area contributed by atoms with Crippen LogP contribution in [0.5, 0.6) is 0 Å². The summed E-state index contributed by atoms with van der Waals surface area (Å²) in [6.07, 6.45) is -2.41. The third-order valence-corrected chi connectivity index (χ3v) is 7.99. The van der Waals surface area contributed by atoms with Crippen molar-refractivity contribution in [3.8, 4) is 22.4 Å². The average molecular weight is 558 g/mol. The van der Waals surface area contributed by atoms with Crippen molar-refractivity contribution < 1.29 is 88.0 Å².